The van der Waals surface area contributed by atoms with Crippen LogP contribution in [-0.2, 0) is 4.79 Å². The molecule has 6 nitrogen and oxygen atoms in total. The Morgan fingerprint density at radius 1 is 1.22 bits per heavy atom. The molecule has 2 N–H and O–H groups in total. The molecular formula is C16H17BrN4O2. The summed E-state index contributed by atoms with van der Waals surface area (Å²) in [5.41, 5.74) is 1.35. The largest absolute Gasteiger partial charge is 0.339 e. The molecule has 1 aliphatic heterocycles. The molecule has 2 amide bonds. The van der Waals surface area contributed by atoms with Crippen LogP contribution in [0.15, 0.2) is 41.1 Å². The number of halogens is 1. The average Bonchev–Trinajstić information content (AvgIpc) is 3.08. The van der Waals surface area contributed by atoms with Crippen molar-refractivity contribution in [3.63, 3.8) is 0 Å². The Hall–Kier alpha value is -2.15. The third kappa shape index (κ3) is 3.79. The minimum absolute atomic E-state index is 0.0119. The number of hydrogen-bond donors (Lipinski definition) is 2. The van der Waals surface area contributed by atoms with Crippen LogP contribution in [-0.4, -0.2) is 40.0 Å². The maximum atomic E-state index is 12.4. The average molecular weight is 377 g/mol. The number of amides is 2. The number of nitrogens with zero attached hydrogens (tertiary/aromatic N) is 2. The summed E-state index contributed by atoms with van der Waals surface area (Å²) in [4.78, 5) is 26.4. The predicted octanol–water partition coefficient (Wildman–Crippen LogP) is 2.66. The van der Waals surface area contributed by atoms with Crippen LogP contribution in [0.1, 0.15) is 23.2 Å². The summed E-state index contributed by atoms with van der Waals surface area (Å²) in [5, 5.41) is 9.29. The van der Waals surface area contributed by atoms with Gasteiger partial charge in [-0.1, -0.05) is 15.9 Å². The third-order valence-corrected chi connectivity index (χ3v) is 4.54. The van der Waals surface area contributed by atoms with E-state index in [0.29, 0.717) is 37.2 Å². The van der Waals surface area contributed by atoms with Gasteiger partial charge in [0, 0.05) is 35.2 Å². The lowest BCUT2D eigenvalue weighted by Crippen LogP contribution is -2.41. The van der Waals surface area contributed by atoms with Crippen molar-refractivity contribution < 1.29 is 9.59 Å². The highest BCUT2D eigenvalue weighted by atomic mass is 79.9. The summed E-state index contributed by atoms with van der Waals surface area (Å²) in [6.07, 6.45) is 4.56. The number of aromatic nitrogens is 2. The van der Waals surface area contributed by atoms with E-state index in [2.05, 4.69) is 31.4 Å². The van der Waals surface area contributed by atoms with Crippen molar-refractivity contribution in [1.29, 1.82) is 0 Å². The van der Waals surface area contributed by atoms with Crippen LogP contribution in [0.5, 0.6) is 0 Å². The first kappa shape index (κ1) is 15.7. The van der Waals surface area contributed by atoms with Crippen molar-refractivity contribution in [2.24, 2.45) is 5.92 Å². The van der Waals surface area contributed by atoms with E-state index in [1.807, 2.05) is 29.2 Å². The minimum Gasteiger partial charge on any atom is -0.339 e. The Balaban J connectivity index is 1.54. The molecule has 120 valence electrons. The number of carbonyl (C=O) groups is 2. The molecule has 0 radical (unpaired) electrons. The van der Waals surface area contributed by atoms with Gasteiger partial charge in [0.15, 0.2) is 0 Å². The van der Waals surface area contributed by atoms with Gasteiger partial charge in [0.1, 0.15) is 0 Å². The molecule has 23 heavy (non-hydrogen) atoms. The van der Waals surface area contributed by atoms with Crippen LogP contribution >= 0.6 is 15.9 Å². The van der Waals surface area contributed by atoms with Crippen molar-refractivity contribution in [3.8, 4) is 0 Å². The number of likely N-dealkylation sites (tertiary alicyclic amines) is 1. The maximum absolute atomic E-state index is 12.4. The molecule has 0 unspecified atom stereocenters. The topological polar surface area (TPSA) is 78.1 Å². The van der Waals surface area contributed by atoms with Crippen LogP contribution in [0.2, 0.25) is 0 Å². The van der Waals surface area contributed by atoms with E-state index >= 15 is 0 Å². The molecule has 0 atom stereocenters. The molecule has 0 spiro atoms. The van der Waals surface area contributed by atoms with Crippen molar-refractivity contribution in [2.45, 2.75) is 12.8 Å². The van der Waals surface area contributed by atoms with Gasteiger partial charge in [0.2, 0.25) is 5.91 Å². The van der Waals surface area contributed by atoms with E-state index in [1.54, 1.807) is 12.4 Å². The monoisotopic (exact) mass is 376 g/mol. The van der Waals surface area contributed by atoms with Crippen molar-refractivity contribution in [2.75, 3.05) is 18.4 Å². The van der Waals surface area contributed by atoms with E-state index in [4.69, 9.17) is 0 Å². The van der Waals surface area contributed by atoms with Crippen LogP contribution < -0.4 is 5.32 Å². The van der Waals surface area contributed by atoms with E-state index < -0.39 is 0 Å². The smallest absolute Gasteiger partial charge is 0.253 e. The van der Waals surface area contributed by atoms with Crippen molar-refractivity contribution in [3.05, 3.63) is 46.7 Å². The highest BCUT2D eigenvalue weighted by molar-refractivity contribution is 9.10. The van der Waals surface area contributed by atoms with Gasteiger partial charge < -0.3 is 10.2 Å². The fourth-order valence-electron chi connectivity index (χ4n) is 2.68. The number of carbonyl (C=O) groups excluding carboxylic acids is 2. The molecule has 1 saturated heterocycles. The van der Waals surface area contributed by atoms with Gasteiger partial charge in [0.05, 0.1) is 11.9 Å². The van der Waals surface area contributed by atoms with Gasteiger partial charge in [-0.15, -0.1) is 0 Å². The zero-order chi connectivity index (χ0) is 16.2. The molecule has 0 bridgehead atoms. The Labute approximate surface area is 142 Å². The second-order valence-corrected chi connectivity index (χ2v) is 6.47. The lowest BCUT2D eigenvalue weighted by Gasteiger charge is -2.31. The maximum Gasteiger partial charge on any atom is 0.253 e. The number of aromatic amines is 1. The summed E-state index contributed by atoms with van der Waals surface area (Å²) in [6.45, 7) is 1.19. The number of nitrogens with one attached hydrogen (secondary N) is 2. The highest BCUT2D eigenvalue weighted by Crippen LogP contribution is 2.21. The fourth-order valence-corrected chi connectivity index (χ4v) is 2.95. The van der Waals surface area contributed by atoms with Gasteiger partial charge in [-0.3, -0.25) is 14.7 Å². The molecule has 1 aromatic carbocycles. The molecule has 0 saturated carbocycles. The summed E-state index contributed by atoms with van der Waals surface area (Å²) in [6, 6.07) is 7.34. The Morgan fingerprint density at radius 2 is 1.91 bits per heavy atom. The second kappa shape index (κ2) is 6.95. The number of H-pyrrole nitrogens is 1. The first-order valence-electron chi connectivity index (χ1n) is 7.48. The van der Waals surface area contributed by atoms with Crippen LogP contribution in [0.3, 0.4) is 0 Å². The number of piperidine rings is 1. The van der Waals surface area contributed by atoms with Crippen molar-refractivity contribution in [1.82, 2.24) is 15.1 Å². The van der Waals surface area contributed by atoms with Gasteiger partial charge in [0.25, 0.3) is 5.91 Å². The van der Waals surface area contributed by atoms with Crippen molar-refractivity contribution >= 4 is 33.4 Å². The zero-order valence-electron chi connectivity index (χ0n) is 12.5. The van der Waals surface area contributed by atoms with Gasteiger partial charge in [-0.25, -0.2) is 0 Å². The van der Waals surface area contributed by atoms with Crippen LogP contribution in [0.4, 0.5) is 5.69 Å². The lowest BCUT2D eigenvalue weighted by atomic mass is 9.95. The fraction of sp³-hybridized carbons (Fsp3) is 0.312. The number of rotatable bonds is 3. The number of hydrogen-bond acceptors (Lipinski definition) is 3. The first-order chi connectivity index (χ1) is 11.1. The van der Waals surface area contributed by atoms with E-state index in [1.165, 1.54) is 0 Å². The Morgan fingerprint density at radius 3 is 2.52 bits per heavy atom. The SMILES string of the molecule is O=C(Nc1cn[nH]c1)C1CCN(C(=O)c2ccc(Br)cc2)CC1. The molecule has 3 rings (SSSR count). The van der Waals surface area contributed by atoms with Gasteiger partial charge in [-0.05, 0) is 37.1 Å². The van der Waals surface area contributed by atoms with E-state index in [9.17, 15) is 9.59 Å². The van der Waals surface area contributed by atoms with Crippen LogP contribution in [0.25, 0.3) is 0 Å². The summed E-state index contributed by atoms with van der Waals surface area (Å²) in [7, 11) is 0. The number of benzene rings is 1. The first-order valence-corrected chi connectivity index (χ1v) is 8.27. The predicted molar refractivity (Wildman–Crippen MR) is 90.0 cm³/mol. The molecule has 7 heteroatoms. The second-order valence-electron chi connectivity index (χ2n) is 5.55. The molecular weight excluding hydrogens is 360 g/mol. The summed E-state index contributed by atoms with van der Waals surface area (Å²) >= 11 is 3.36. The molecule has 0 aliphatic carbocycles. The molecule has 1 aliphatic rings. The molecule has 2 heterocycles. The normalized spacial score (nSPS) is 15.4. The van der Waals surface area contributed by atoms with E-state index in [0.717, 1.165) is 4.47 Å². The Kier molecular flexibility index (Phi) is 4.76. The van der Waals surface area contributed by atoms with Gasteiger partial charge >= 0.3 is 0 Å². The quantitative estimate of drug-likeness (QED) is 0.863. The highest BCUT2D eigenvalue weighted by Gasteiger charge is 2.27. The van der Waals surface area contributed by atoms with E-state index in [-0.39, 0.29) is 17.7 Å². The molecule has 1 fully saturated rings. The molecule has 2 aromatic rings. The zero-order valence-corrected chi connectivity index (χ0v) is 14.0. The van der Waals surface area contributed by atoms with Crippen LogP contribution in [0, 0.1) is 5.92 Å². The summed E-state index contributed by atoms with van der Waals surface area (Å²) < 4.78 is 0.948. The standard InChI is InChI=1S/C16H17BrN4O2/c17-13-3-1-12(2-4-13)16(23)21-7-5-11(6-8-21)15(22)20-14-9-18-19-10-14/h1-4,9-11H,5-8H2,(H,18,19)(H,20,22). The lowest BCUT2D eigenvalue weighted by molar-refractivity contribution is -0.121. The summed E-state index contributed by atoms with van der Waals surface area (Å²) in [5.74, 6) is -0.0628. The number of anilines is 1. The molecule has 1 aromatic heterocycles. The minimum atomic E-state index is -0.0705. The Bertz CT molecular complexity index is 677. The van der Waals surface area contributed by atoms with Gasteiger partial charge in [-0.2, -0.15) is 5.10 Å². The third-order valence-electron chi connectivity index (χ3n) is 4.01.